The molecule has 0 heterocycles. The van der Waals surface area contributed by atoms with Crippen LogP contribution in [0, 0.1) is 7.83 Å². The summed E-state index contributed by atoms with van der Waals surface area (Å²) >= 11 is 9.61. The van der Waals surface area contributed by atoms with Gasteiger partial charge in [0.1, 0.15) is 0 Å². The van der Waals surface area contributed by atoms with E-state index in [4.69, 9.17) is 0 Å². The van der Waals surface area contributed by atoms with Crippen LogP contribution in [0.5, 0.6) is 0 Å². The van der Waals surface area contributed by atoms with Crippen molar-refractivity contribution in [1.29, 1.82) is 0 Å². The Morgan fingerprint density at radius 3 is 0.606 bits per heavy atom. The fourth-order valence-corrected chi connectivity index (χ4v) is 24.9. The van der Waals surface area contributed by atoms with Gasteiger partial charge in [-0.05, 0) is 157 Å². The molecule has 104 heavy (non-hydrogen) atoms. The predicted octanol–water partition coefficient (Wildman–Crippen LogP) is 18.6. The molecule has 558 valence electrons. The minimum atomic E-state index is -8.02. The quantitative estimate of drug-likeness (QED) is 0.0301. The van der Waals surface area contributed by atoms with Crippen LogP contribution in [-0.2, 0) is 82.5 Å². The standard InChI is InChI=1S/C54H38S6.2C4F9O6S3/c1-3-11-41(12-4-1)55-43-23-19-39(20-24-43)51-15-7-9-17-53(51)59-49-35-31-47(32-36-49)57-45-27-29-46(30-28-45)58-48-33-37-50(38-34-48)60-54-18-10-8-16-52(54)40-21-25-44(26-22-40)56-42-13-5-2-6-14-42;2*5-2(6,7)20(14,15)1(21(16,17)3(8,9)10)22(18,19)4(11,12)13/h1-38H;;/q;2*-1/p+2. The second-order valence-corrected chi connectivity index (χ2v) is 39.8. The largest absolute Gasteiger partial charge is 0.470 e. The molecule has 0 saturated carbocycles. The number of alkyl halides is 18. The summed E-state index contributed by atoms with van der Waals surface area (Å²) in [5.41, 5.74) is -37.3. The maximum absolute atomic E-state index is 12.0. The lowest BCUT2D eigenvalue weighted by Gasteiger charge is -2.31. The molecule has 0 amide bonds. The zero-order valence-corrected chi connectivity index (χ0v) is 60.6. The maximum Gasteiger partial charge on any atom is 0.470 e. The Morgan fingerprint density at radius 2 is 0.394 bits per heavy atom. The van der Waals surface area contributed by atoms with E-state index in [1.54, 1.807) is 47.0 Å². The molecule has 0 aliphatic rings. The Balaban J connectivity index is 0.000000283. The zero-order chi connectivity index (χ0) is 77.5. The number of rotatable bonds is 20. The van der Waals surface area contributed by atoms with Gasteiger partial charge in [-0.1, -0.05) is 132 Å². The van der Waals surface area contributed by atoms with E-state index in [0.29, 0.717) is 0 Å². The molecule has 0 fully saturated rings. The van der Waals surface area contributed by atoms with Gasteiger partial charge in [0.2, 0.25) is 0 Å². The topological polar surface area (TPSA) is 205 Å². The molecule has 12 nitrogen and oxygen atoms in total. The van der Waals surface area contributed by atoms with Crippen LogP contribution < -0.4 is 0 Å². The van der Waals surface area contributed by atoms with Crippen LogP contribution in [0.4, 0.5) is 79.0 Å². The smallest absolute Gasteiger partial charge is 0.251 e. The van der Waals surface area contributed by atoms with Crippen molar-refractivity contribution in [3.8, 4) is 22.3 Å². The van der Waals surface area contributed by atoms with Gasteiger partial charge in [0.05, 0.1) is 7.83 Å². The second-order valence-electron chi connectivity index (χ2n) is 20.0. The molecule has 0 atom stereocenters. The molecule has 9 aromatic rings. The fraction of sp³-hybridized carbons (Fsp3) is 0.0968. The van der Waals surface area contributed by atoms with E-state index in [1.807, 2.05) is 0 Å². The number of benzene rings is 9. The molecule has 0 bridgehead atoms. The number of hydrogen-bond donors (Lipinski definition) is 0. The summed E-state index contributed by atoms with van der Waals surface area (Å²) < 4.78 is 335. The van der Waals surface area contributed by atoms with Crippen LogP contribution in [0.3, 0.4) is 0 Å². The first kappa shape index (κ1) is 84.8. The molecule has 0 aliphatic heterocycles. The van der Waals surface area contributed by atoms with Crippen LogP contribution in [0.15, 0.2) is 289 Å². The Bertz CT molecular complexity index is 4640. The van der Waals surface area contributed by atoms with Gasteiger partial charge in [-0.2, -0.15) is 79.0 Å². The van der Waals surface area contributed by atoms with Crippen LogP contribution in [0.25, 0.3) is 22.3 Å². The van der Waals surface area contributed by atoms with Crippen LogP contribution in [-0.4, -0.2) is 83.6 Å². The Morgan fingerprint density at radius 1 is 0.221 bits per heavy atom. The van der Waals surface area contributed by atoms with E-state index in [2.05, 4.69) is 231 Å². The average Bonchev–Trinajstić information content (AvgIpc) is 0.724. The molecule has 0 spiro atoms. The first-order chi connectivity index (χ1) is 47.9. The molecule has 0 unspecified atom stereocenters. The summed E-state index contributed by atoms with van der Waals surface area (Å²) in [6, 6.07) is 83.4. The molecule has 9 aromatic carbocycles. The van der Waals surface area contributed by atoms with Crippen molar-refractivity contribution in [3.05, 3.63) is 238 Å². The van der Waals surface area contributed by atoms with Crippen molar-refractivity contribution in [1.82, 2.24) is 0 Å². The van der Waals surface area contributed by atoms with Crippen molar-refractivity contribution in [2.45, 2.75) is 91.8 Å². The van der Waals surface area contributed by atoms with Crippen molar-refractivity contribution < 1.29 is 130 Å². The van der Waals surface area contributed by atoms with Crippen molar-refractivity contribution in [2.24, 2.45) is 0 Å². The van der Waals surface area contributed by atoms with Gasteiger partial charge < -0.3 is 0 Å². The molecular formula is C62H40F18O12S12. The number of sulfone groups is 6. The fourth-order valence-electron chi connectivity index (χ4n) is 8.02. The lowest BCUT2D eigenvalue weighted by molar-refractivity contribution is -0.0488. The first-order valence-electron chi connectivity index (χ1n) is 27.5. The molecule has 0 radical (unpaired) electrons. The third-order valence-corrected chi connectivity index (χ3v) is 33.3. The lowest BCUT2D eigenvalue weighted by atomic mass is 10.1. The minimum absolute atomic E-state index is 1.20. The highest BCUT2D eigenvalue weighted by Gasteiger charge is 2.65. The third-order valence-electron chi connectivity index (χ3n) is 12.7. The van der Waals surface area contributed by atoms with Gasteiger partial charge in [-0.15, -0.1) is 0 Å². The summed E-state index contributed by atoms with van der Waals surface area (Å²) in [5, 5.41) is 0. The monoisotopic (exact) mass is 1700 g/mol. The number of halogens is 18. The Labute approximate surface area is 606 Å². The Kier molecular flexibility index (Phi) is 26.8. The maximum atomic E-state index is 12.0. The van der Waals surface area contributed by atoms with Gasteiger partial charge in [-0.25, -0.2) is 0 Å². The molecular weight excluding hydrogens is 1660 g/mol. The molecule has 0 aromatic heterocycles. The normalized spacial score (nSPS) is 13.2. The summed E-state index contributed by atoms with van der Waals surface area (Å²) in [5.74, 6) is 0. The van der Waals surface area contributed by atoms with Crippen LogP contribution >= 0.6 is 47.0 Å². The van der Waals surface area contributed by atoms with Gasteiger partial charge >= 0.3 is 33.0 Å². The highest BCUT2D eigenvalue weighted by Crippen LogP contribution is 2.50. The average molecular weight is 1700 g/mol. The van der Waals surface area contributed by atoms with E-state index < -0.39 is 99.9 Å². The highest BCUT2D eigenvalue weighted by molar-refractivity contribution is 8.30. The van der Waals surface area contributed by atoms with E-state index in [1.165, 1.54) is 105 Å². The number of thiol groups is 2. The van der Waals surface area contributed by atoms with E-state index >= 15 is 0 Å². The Hall–Kier alpha value is -6.48. The lowest BCUT2D eigenvalue weighted by Crippen LogP contribution is -2.47. The summed E-state index contributed by atoms with van der Waals surface area (Å²) in [7, 11) is -48.1. The van der Waals surface area contributed by atoms with Gasteiger partial charge in [0.15, 0.2) is 78.6 Å². The van der Waals surface area contributed by atoms with Crippen LogP contribution in [0.2, 0.25) is 0 Å². The predicted molar refractivity (Wildman–Crippen MR) is 359 cm³/mol. The summed E-state index contributed by atoms with van der Waals surface area (Å²) in [4.78, 5) is 15.2. The summed E-state index contributed by atoms with van der Waals surface area (Å²) in [6.07, 6.45) is 0. The van der Waals surface area contributed by atoms with Gasteiger partial charge in [-0.3, -0.25) is 50.5 Å². The van der Waals surface area contributed by atoms with Crippen LogP contribution in [0.1, 0.15) is 0 Å². The molecule has 0 saturated heterocycles. The molecule has 9 rings (SSSR count). The molecule has 42 heteroatoms. The third kappa shape index (κ3) is 20.6. The van der Waals surface area contributed by atoms with E-state index in [9.17, 15) is 130 Å². The molecule has 0 N–H and O–H groups in total. The van der Waals surface area contributed by atoms with Gasteiger partial charge in [0, 0.05) is 73.8 Å². The van der Waals surface area contributed by atoms with E-state index in [-0.39, 0.29) is 0 Å². The van der Waals surface area contributed by atoms with Crippen molar-refractivity contribution in [2.75, 3.05) is 0 Å². The SMILES string of the molecule is O=S(=O)([C-](S(=O)(=O)C(F)(F)F)S(=O)(=O)C(F)(F)F)C(F)(F)F.O=S(=O)([C-](S(=O)(=O)C(F)(F)F)S(=O)(=O)C(F)(F)F)C(F)(F)F.c1ccc(Sc2ccc(-c3ccccc3[SH+]c3ccc(Sc4ccc(Sc5ccc([SH+]c6ccccc6-c6ccc(Sc7ccccc7)cc6)cc5)cc4)cc3)cc2)cc1. The number of hydrogen-bond acceptors (Lipinski definition) is 16. The highest BCUT2D eigenvalue weighted by atomic mass is 32.3. The van der Waals surface area contributed by atoms with E-state index in [0.717, 1.165) is 0 Å². The first-order valence-corrected chi connectivity index (χ1v) is 41.4. The second kappa shape index (κ2) is 32.9. The summed E-state index contributed by atoms with van der Waals surface area (Å²) in [6.45, 7) is 0. The van der Waals surface area contributed by atoms with Crippen molar-refractivity contribution >= 4 is 130 Å². The van der Waals surface area contributed by atoms with Gasteiger partial charge in [0.25, 0.3) is 0 Å². The molecule has 0 aliphatic carbocycles. The van der Waals surface area contributed by atoms with Crippen molar-refractivity contribution in [3.63, 3.8) is 0 Å². The zero-order valence-electron chi connectivity index (χ0n) is 50.6. The minimum Gasteiger partial charge on any atom is -0.251 e.